The number of carbonyl (C=O) groups excluding carboxylic acids is 1. The van der Waals surface area contributed by atoms with Crippen LogP contribution in [0.4, 0.5) is 5.69 Å². The van der Waals surface area contributed by atoms with Gasteiger partial charge in [-0.3, -0.25) is 10.1 Å². The van der Waals surface area contributed by atoms with Gasteiger partial charge < -0.3 is 14.6 Å². The smallest absolute Gasteiger partial charge is 0.330 e. The third kappa shape index (κ3) is 5.05. The first-order valence-electron chi connectivity index (χ1n) is 9.22. The lowest BCUT2D eigenvalue weighted by atomic mass is 10.1. The van der Waals surface area contributed by atoms with Crippen LogP contribution in [0.2, 0.25) is 0 Å². The number of aromatic nitrogens is 2. The zero-order chi connectivity index (χ0) is 20.8. The Bertz CT molecular complexity index is 1050. The zero-order valence-electron chi connectivity index (χ0n) is 16.3. The van der Waals surface area contributed by atoms with Crippen LogP contribution in [-0.4, -0.2) is 27.1 Å². The molecule has 1 aromatic heterocycles. The molecule has 8 nitrogen and oxygen atoms in total. The molecule has 0 amide bonds. The predicted octanol–water partition coefficient (Wildman–Crippen LogP) is 3.35. The monoisotopic (exact) mass is 394 g/mol. The SMILES string of the molecule is CCOC(=O)/C=C/c1ccc(CNCc2nc3cc([N+](=O)[O-])ccc3n2C)cc1. The Kier molecular flexibility index (Phi) is 6.36. The van der Waals surface area contributed by atoms with Gasteiger partial charge in [0.1, 0.15) is 5.82 Å². The molecule has 0 atom stereocenters. The molecule has 0 radical (unpaired) electrons. The van der Waals surface area contributed by atoms with Crippen LogP contribution in [-0.2, 0) is 29.7 Å². The molecule has 0 aliphatic heterocycles. The fourth-order valence-corrected chi connectivity index (χ4v) is 2.93. The number of nitro benzene ring substituents is 1. The number of benzene rings is 2. The number of aryl methyl sites for hydroxylation is 1. The number of imidazole rings is 1. The van der Waals surface area contributed by atoms with Gasteiger partial charge in [0.25, 0.3) is 5.69 Å². The number of carbonyl (C=O) groups is 1. The van der Waals surface area contributed by atoms with Gasteiger partial charge in [0, 0.05) is 31.8 Å². The lowest BCUT2D eigenvalue weighted by Crippen LogP contribution is -2.15. The molecule has 0 unspecified atom stereocenters. The van der Waals surface area contributed by atoms with Crippen LogP contribution in [0.15, 0.2) is 48.5 Å². The molecule has 29 heavy (non-hydrogen) atoms. The summed E-state index contributed by atoms with van der Waals surface area (Å²) in [4.78, 5) is 26.3. The van der Waals surface area contributed by atoms with Crippen LogP contribution in [0.1, 0.15) is 23.9 Å². The Balaban J connectivity index is 1.59. The molecule has 0 aliphatic rings. The van der Waals surface area contributed by atoms with Crippen molar-refractivity contribution in [2.75, 3.05) is 6.61 Å². The molecule has 1 N–H and O–H groups in total. The van der Waals surface area contributed by atoms with Crippen molar-refractivity contribution in [2.24, 2.45) is 7.05 Å². The van der Waals surface area contributed by atoms with E-state index in [1.54, 1.807) is 19.1 Å². The van der Waals surface area contributed by atoms with Crippen LogP contribution in [0, 0.1) is 10.1 Å². The Labute approximate surface area is 168 Å². The summed E-state index contributed by atoms with van der Waals surface area (Å²) in [6, 6.07) is 12.5. The Morgan fingerprint density at radius 2 is 2.00 bits per heavy atom. The summed E-state index contributed by atoms with van der Waals surface area (Å²) in [5.74, 6) is 0.445. The van der Waals surface area contributed by atoms with Crippen molar-refractivity contribution >= 4 is 28.8 Å². The van der Waals surface area contributed by atoms with Crippen molar-refractivity contribution in [2.45, 2.75) is 20.0 Å². The van der Waals surface area contributed by atoms with Crippen molar-refractivity contribution in [1.82, 2.24) is 14.9 Å². The molecular weight excluding hydrogens is 372 g/mol. The minimum absolute atomic E-state index is 0.0344. The number of hydrogen-bond acceptors (Lipinski definition) is 6. The summed E-state index contributed by atoms with van der Waals surface area (Å²) < 4.78 is 6.78. The van der Waals surface area contributed by atoms with Crippen LogP contribution >= 0.6 is 0 Å². The highest BCUT2D eigenvalue weighted by molar-refractivity contribution is 5.87. The maximum Gasteiger partial charge on any atom is 0.330 e. The van der Waals surface area contributed by atoms with E-state index >= 15 is 0 Å². The van der Waals surface area contributed by atoms with E-state index < -0.39 is 4.92 Å². The topological polar surface area (TPSA) is 99.3 Å². The maximum atomic E-state index is 11.3. The number of hydrogen-bond donors (Lipinski definition) is 1. The van der Waals surface area contributed by atoms with Gasteiger partial charge in [0.15, 0.2) is 0 Å². The van der Waals surface area contributed by atoms with E-state index in [0.717, 1.165) is 22.5 Å². The van der Waals surface area contributed by atoms with Gasteiger partial charge in [-0.1, -0.05) is 24.3 Å². The maximum absolute atomic E-state index is 11.3. The molecule has 2 aromatic carbocycles. The predicted molar refractivity (Wildman–Crippen MR) is 110 cm³/mol. The van der Waals surface area contributed by atoms with Crippen LogP contribution in [0.25, 0.3) is 17.1 Å². The lowest BCUT2D eigenvalue weighted by molar-refractivity contribution is -0.384. The van der Waals surface area contributed by atoms with Crippen molar-refractivity contribution in [3.8, 4) is 0 Å². The highest BCUT2D eigenvalue weighted by Crippen LogP contribution is 2.21. The second kappa shape index (κ2) is 9.11. The van der Waals surface area contributed by atoms with E-state index in [9.17, 15) is 14.9 Å². The number of esters is 1. The summed E-state index contributed by atoms with van der Waals surface area (Å²) in [5.41, 5.74) is 3.50. The first kappa shape index (κ1) is 20.2. The van der Waals surface area contributed by atoms with E-state index in [2.05, 4.69) is 10.3 Å². The number of nitrogens with one attached hydrogen (secondary N) is 1. The Morgan fingerprint density at radius 3 is 2.69 bits per heavy atom. The van der Waals surface area contributed by atoms with Crippen molar-refractivity contribution in [3.05, 3.63) is 75.6 Å². The highest BCUT2D eigenvalue weighted by atomic mass is 16.6. The molecule has 0 aliphatic carbocycles. The summed E-state index contributed by atoms with van der Waals surface area (Å²) in [6.45, 7) is 3.30. The highest BCUT2D eigenvalue weighted by Gasteiger charge is 2.12. The first-order chi connectivity index (χ1) is 14.0. The second-order valence-corrected chi connectivity index (χ2v) is 6.45. The first-order valence-corrected chi connectivity index (χ1v) is 9.22. The van der Waals surface area contributed by atoms with Gasteiger partial charge in [-0.2, -0.15) is 0 Å². The summed E-state index contributed by atoms with van der Waals surface area (Å²) in [5, 5.41) is 14.3. The van der Waals surface area contributed by atoms with E-state index in [4.69, 9.17) is 4.74 Å². The average Bonchev–Trinajstić information content (AvgIpc) is 3.02. The molecule has 0 fully saturated rings. The normalized spacial score (nSPS) is 11.2. The molecule has 3 aromatic rings. The number of fused-ring (bicyclic) bond motifs is 1. The van der Waals surface area contributed by atoms with E-state index in [1.165, 1.54) is 18.2 Å². The lowest BCUT2D eigenvalue weighted by Gasteiger charge is -2.06. The number of non-ortho nitro benzene ring substituents is 1. The van der Waals surface area contributed by atoms with Gasteiger partial charge in [0.05, 0.1) is 29.1 Å². The molecule has 150 valence electrons. The Morgan fingerprint density at radius 1 is 1.24 bits per heavy atom. The molecule has 1 heterocycles. The zero-order valence-corrected chi connectivity index (χ0v) is 16.3. The second-order valence-electron chi connectivity index (χ2n) is 6.45. The van der Waals surface area contributed by atoms with Crippen LogP contribution in [0.5, 0.6) is 0 Å². The van der Waals surface area contributed by atoms with Crippen molar-refractivity contribution in [1.29, 1.82) is 0 Å². The number of nitrogens with zero attached hydrogens (tertiary/aromatic N) is 3. The van der Waals surface area contributed by atoms with Gasteiger partial charge in [-0.25, -0.2) is 9.78 Å². The van der Waals surface area contributed by atoms with Gasteiger partial charge in [0.2, 0.25) is 0 Å². The fourth-order valence-electron chi connectivity index (χ4n) is 2.93. The number of ether oxygens (including phenoxy) is 1. The van der Waals surface area contributed by atoms with Gasteiger partial charge in [-0.05, 0) is 30.2 Å². The van der Waals surface area contributed by atoms with Crippen LogP contribution < -0.4 is 5.32 Å². The van der Waals surface area contributed by atoms with E-state index in [-0.39, 0.29) is 11.7 Å². The third-order valence-electron chi connectivity index (χ3n) is 4.46. The molecule has 0 spiro atoms. The Hall–Kier alpha value is -3.52. The largest absolute Gasteiger partial charge is 0.463 e. The van der Waals surface area contributed by atoms with Gasteiger partial charge in [-0.15, -0.1) is 0 Å². The van der Waals surface area contributed by atoms with E-state index in [0.29, 0.717) is 25.2 Å². The van der Waals surface area contributed by atoms with Crippen molar-refractivity contribution in [3.63, 3.8) is 0 Å². The quantitative estimate of drug-likeness (QED) is 0.272. The molecule has 8 heteroatoms. The molecule has 0 bridgehead atoms. The molecular formula is C21H22N4O4. The third-order valence-corrected chi connectivity index (χ3v) is 4.46. The van der Waals surface area contributed by atoms with Gasteiger partial charge >= 0.3 is 5.97 Å². The summed E-state index contributed by atoms with van der Waals surface area (Å²) in [6.07, 6.45) is 3.13. The number of nitro groups is 1. The molecule has 3 rings (SSSR count). The average molecular weight is 394 g/mol. The molecule has 0 saturated carbocycles. The minimum atomic E-state index is -0.419. The molecule has 0 saturated heterocycles. The summed E-state index contributed by atoms with van der Waals surface area (Å²) in [7, 11) is 1.89. The van der Waals surface area contributed by atoms with Crippen molar-refractivity contribution < 1.29 is 14.5 Å². The fraction of sp³-hybridized carbons (Fsp3) is 0.238. The van der Waals surface area contributed by atoms with E-state index in [1.807, 2.05) is 35.9 Å². The standard InChI is InChI=1S/C21H22N4O4/c1-3-29-21(26)11-8-15-4-6-16(7-5-15)13-22-14-20-23-18-12-17(25(27)28)9-10-19(18)24(20)2/h4-12,22H,3,13-14H2,1-2H3/b11-8+. The summed E-state index contributed by atoms with van der Waals surface area (Å²) >= 11 is 0. The number of rotatable bonds is 8. The van der Waals surface area contributed by atoms with Crippen LogP contribution in [0.3, 0.4) is 0 Å². The minimum Gasteiger partial charge on any atom is -0.463 e.